The lowest BCUT2D eigenvalue weighted by Crippen LogP contribution is -2.54. The number of ether oxygens (including phenoxy) is 2. The highest BCUT2D eigenvalue weighted by molar-refractivity contribution is 7.92. The number of hydrogen-bond acceptors (Lipinski definition) is 6. The molecular formula is C37H42ClN3O6S. The highest BCUT2D eigenvalue weighted by atomic mass is 35.5. The summed E-state index contributed by atoms with van der Waals surface area (Å²) in [5.41, 5.74) is 2.65. The molecule has 2 atom stereocenters. The Kier molecular flexibility index (Phi) is 12.5. The first-order valence-corrected chi connectivity index (χ1v) is 17.5. The number of aryl methyl sites for hydroxylation is 1. The largest absolute Gasteiger partial charge is 0.493 e. The zero-order chi connectivity index (χ0) is 34.8. The summed E-state index contributed by atoms with van der Waals surface area (Å²) in [4.78, 5) is 30.0. The van der Waals surface area contributed by atoms with E-state index < -0.39 is 28.5 Å². The van der Waals surface area contributed by atoms with Crippen molar-refractivity contribution < 1.29 is 27.5 Å². The summed E-state index contributed by atoms with van der Waals surface area (Å²) in [6.07, 6.45) is 0.888. The Bertz CT molecular complexity index is 1800. The molecular weight excluding hydrogens is 650 g/mol. The number of anilines is 1. The number of nitrogens with zero attached hydrogens (tertiary/aromatic N) is 2. The van der Waals surface area contributed by atoms with Crippen molar-refractivity contribution in [3.8, 4) is 11.5 Å². The van der Waals surface area contributed by atoms with Crippen LogP contribution in [0.1, 0.15) is 37.0 Å². The Morgan fingerprint density at radius 3 is 2.15 bits per heavy atom. The van der Waals surface area contributed by atoms with E-state index in [1.54, 1.807) is 48.5 Å². The van der Waals surface area contributed by atoms with Crippen molar-refractivity contribution in [2.75, 3.05) is 25.1 Å². The van der Waals surface area contributed by atoms with Gasteiger partial charge in [-0.2, -0.15) is 0 Å². The molecule has 0 bridgehead atoms. The lowest BCUT2D eigenvalue weighted by molar-refractivity contribution is -0.140. The van der Waals surface area contributed by atoms with Crippen LogP contribution in [0.4, 0.5) is 5.69 Å². The van der Waals surface area contributed by atoms with Crippen LogP contribution in [0, 0.1) is 6.92 Å². The highest BCUT2D eigenvalue weighted by Gasteiger charge is 2.35. The Balaban J connectivity index is 1.84. The lowest BCUT2D eigenvalue weighted by Gasteiger charge is -2.34. The van der Waals surface area contributed by atoms with E-state index in [2.05, 4.69) is 5.32 Å². The maximum atomic E-state index is 14.7. The van der Waals surface area contributed by atoms with E-state index >= 15 is 0 Å². The van der Waals surface area contributed by atoms with Gasteiger partial charge in [0.15, 0.2) is 11.5 Å². The quantitative estimate of drug-likeness (QED) is 0.154. The SMILES string of the molecule is CCC(C)NC(=O)C(Cc1ccccc1)N(Cc1ccccc1Cl)C(=O)CN(c1ccc(C)cc1)S(=O)(=O)c1ccc(OC)c(OC)c1. The molecule has 0 aliphatic carbocycles. The number of nitrogens with one attached hydrogen (secondary N) is 1. The first kappa shape index (κ1) is 36.3. The van der Waals surface area contributed by atoms with Gasteiger partial charge in [-0.1, -0.05) is 84.8 Å². The third-order valence-corrected chi connectivity index (χ3v) is 10.3. The number of carbonyl (C=O) groups is 2. The minimum atomic E-state index is -4.34. The van der Waals surface area contributed by atoms with Gasteiger partial charge < -0.3 is 19.7 Å². The second kappa shape index (κ2) is 16.5. The van der Waals surface area contributed by atoms with Crippen molar-refractivity contribution in [1.82, 2.24) is 10.2 Å². The van der Waals surface area contributed by atoms with Crippen molar-refractivity contribution in [3.63, 3.8) is 0 Å². The summed E-state index contributed by atoms with van der Waals surface area (Å²) < 4.78 is 40.5. The Morgan fingerprint density at radius 1 is 0.875 bits per heavy atom. The van der Waals surface area contributed by atoms with Gasteiger partial charge in [-0.15, -0.1) is 0 Å². The minimum Gasteiger partial charge on any atom is -0.493 e. The molecule has 4 rings (SSSR count). The van der Waals surface area contributed by atoms with Crippen molar-refractivity contribution >= 4 is 39.1 Å². The minimum absolute atomic E-state index is 0.0257. The van der Waals surface area contributed by atoms with Gasteiger partial charge in [-0.25, -0.2) is 8.42 Å². The van der Waals surface area contributed by atoms with Gasteiger partial charge in [0, 0.05) is 30.1 Å². The lowest BCUT2D eigenvalue weighted by atomic mass is 10.0. The molecule has 0 aliphatic heterocycles. The fourth-order valence-electron chi connectivity index (χ4n) is 5.15. The topological polar surface area (TPSA) is 105 Å². The number of hydrogen-bond donors (Lipinski definition) is 1. The van der Waals surface area contributed by atoms with E-state index in [0.717, 1.165) is 15.4 Å². The maximum Gasteiger partial charge on any atom is 0.264 e. The fraction of sp³-hybridized carbons (Fsp3) is 0.297. The van der Waals surface area contributed by atoms with Crippen LogP contribution in [0.5, 0.6) is 11.5 Å². The Morgan fingerprint density at radius 2 is 1.52 bits per heavy atom. The molecule has 254 valence electrons. The van der Waals surface area contributed by atoms with E-state index in [1.165, 1.54) is 37.3 Å². The molecule has 0 fully saturated rings. The van der Waals surface area contributed by atoms with E-state index in [9.17, 15) is 18.0 Å². The van der Waals surface area contributed by atoms with Gasteiger partial charge in [0.2, 0.25) is 11.8 Å². The molecule has 0 aromatic heterocycles. The monoisotopic (exact) mass is 691 g/mol. The van der Waals surface area contributed by atoms with Gasteiger partial charge in [0.05, 0.1) is 24.8 Å². The number of methoxy groups -OCH3 is 2. The molecule has 1 N–H and O–H groups in total. The summed E-state index contributed by atoms with van der Waals surface area (Å²) in [6.45, 7) is 5.13. The first-order valence-electron chi connectivity index (χ1n) is 15.7. The Labute approximate surface area is 288 Å². The van der Waals surface area contributed by atoms with E-state index in [-0.39, 0.29) is 41.2 Å². The molecule has 2 unspecified atom stereocenters. The predicted octanol–water partition coefficient (Wildman–Crippen LogP) is 6.42. The average Bonchev–Trinajstić information content (AvgIpc) is 3.09. The zero-order valence-electron chi connectivity index (χ0n) is 27.9. The molecule has 2 amide bonds. The number of halogens is 1. The van der Waals surface area contributed by atoms with Crippen molar-refractivity contribution in [2.24, 2.45) is 0 Å². The zero-order valence-corrected chi connectivity index (χ0v) is 29.4. The molecule has 0 spiro atoms. The van der Waals surface area contributed by atoms with Crippen molar-refractivity contribution in [1.29, 1.82) is 0 Å². The van der Waals surface area contributed by atoms with E-state index in [1.807, 2.05) is 51.1 Å². The van der Waals surface area contributed by atoms with Gasteiger partial charge in [0.1, 0.15) is 12.6 Å². The summed E-state index contributed by atoms with van der Waals surface area (Å²) in [7, 11) is -1.46. The third-order valence-electron chi connectivity index (χ3n) is 8.11. The van der Waals surface area contributed by atoms with Gasteiger partial charge in [0.25, 0.3) is 10.0 Å². The molecule has 4 aromatic rings. The first-order chi connectivity index (χ1) is 23.0. The predicted molar refractivity (Wildman–Crippen MR) is 189 cm³/mol. The fourth-order valence-corrected chi connectivity index (χ4v) is 6.77. The smallest absolute Gasteiger partial charge is 0.264 e. The number of carbonyl (C=O) groups excluding carboxylic acids is 2. The molecule has 11 heteroatoms. The third kappa shape index (κ3) is 8.87. The van der Waals surface area contributed by atoms with Crippen LogP contribution in [0.3, 0.4) is 0 Å². The Hall–Kier alpha value is -4.54. The van der Waals surface area contributed by atoms with Crippen LogP contribution >= 0.6 is 11.6 Å². The van der Waals surface area contributed by atoms with Gasteiger partial charge in [-0.05, 0) is 61.7 Å². The maximum absolute atomic E-state index is 14.7. The second-order valence-electron chi connectivity index (χ2n) is 11.5. The normalized spacial score (nSPS) is 12.5. The second-order valence-corrected chi connectivity index (χ2v) is 13.8. The molecule has 0 saturated heterocycles. The van der Waals surface area contributed by atoms with Crippen LogP contribution in [0.2, 0.25) is 5.02 Å². The highest BCUT2D eigenvalue weighted by Crippen LogP contribution is 2.33. The number of rotatable bonds is 15. The summed E-state index contributed by atoms with van der Waals surface area (Å²) in [5, 5.41) is 3.45. The molecule has 0 radical (unpaired) electrons. The summed E-state index contributed by atoms with van der Waals surface area (Å²) in [6, 6.07) is 26.5. The summed E-state index contributed by atoms with van der Waals surface area (Å²) >= 11 is 6.58. The van der Waals surface area contributed by atoms with Crippen LogP contribution in [0.25, 0.3) is 0 Å². The molecule has 0 aliphatic rings. The van der Waals surface area contributed by atoms with Gasteiger partial charge >= 0.3 is 0 Å². The van der Waals surface area contributed by atoms with Crippen LogP contribution in [-0.4, -0.2) is 58.0 Å². The van der Waals surface area contributed by atoms with Crippen molar-refractivity contribution in [2.45, 2.75) is 57.1 Å². The van der Waals surface area contributed by atoms with Gasteiger partial charge in [-0.3, -0.25) is 13.9 Å². The van der Waals surface area contributed by atoms with Crippen LogP contribution in [-0.2, 0) is 32.6 Å². The van der Waals surface area contributed by atoms with Crippen LogP contribution < -0.4 is 19.1 Å². The average molecular weight is 692 g/mol. The van der Waals surface area contributed by atoms with Crippen LogP contribution in [0.15, 0.2) is 102 Å². The number of benzene rings is 4. The standard InChI is InChI=1S/C37H42ClN3O6S/c1-6-27(3)39-37(43)33(22-28-12-8-7-9-13-28)40(24-29-14-10-11-15-32(29)38)36(42)25-41(30-18-16-26(2)17-19-30)48(44,45)31-20-21-34(46-4)35(23-31)47-5/h7-21,23,27,33H,6,22,24-25H2,1-5H3,(H,39,43). The van der Waals surface area contributed by atoms with E-state index in [4.69, 9.17) is 21.1 Å². The number of amides is 2. The number of sulfonamides is 1. The van der Waals surface area contributed by atoms with E-state index in [0.29, 0.717) is 22.8 Å². The van der Waals surface area contributed by atoms with Crippen molar-refractivity contribution in [3.05, 3.63) is 119 Å². The molecule has 0 heterocycles. The molecule has 48 heavy (non-hydrogen) atoms. The molecule has 4 aromatic carbocycles. The molecule has 0 saturated carbocycles. The summed E-state index contributed by atoms with van der Waals surface area (Å²) in [5.74, 6) is -0.354. The molecule has 9 nitrogen and oxygen atoms in total.